The first-order valence-electron chi connectivity index (χ1n) is 5.89. The van der Waals surface area contributed by atoms with Gasteiger partial charge in [-0.3, -0.25) is 4.57 Å². The molecule has 3 rings (SSSR count). The molecular formula is C14H7Cl2F2IN2. The van der Waals surface area contributed by atoms with Gasteiger partial charge in [-0.05, 0) is 46.9 Å². The highest BCUT2D eigenvalue weighted by atomic mass is 127. The van der Waals surface area contributed by atoms with Gasteiger partial charge in [-0.25, -0.2) is 13.8 Å². The first-order valence-corrected chi connectivity index (χ1v) is 7.88. The summed E-state index contributed by atoms with van der Waals surface area (Å²) in [5, 5.41) is 0.00192. The molecule has 0 N–H and O–H groups in total. The highest BCUT2D eigenvalue weighted by molar-refractivity contribution is 14.1. The fourth-order valence-corrected chi connectivity index (χ4v) is 3.20. The number of alkyl halides is 1. The Morgan fingerprint density at radius 1 is 1.19 bits per heavy atom. The van der Waals surface area contributed by atoms with E-state index in [2.05, 4.69) is 4.98 Å². The van der Waals surface area contributed by atoms with Crippen molar-refractivity contribution in [1.82, 2.24) is 9.55 Å². The SMILES string of the molecule is Fc1ccc(-n2c(CCl)nc3cc(Cl)c(F)cc32)c(I)c1. The van der Waals surface area contributed by atoms with Gasteiger partial charge in [-0.15, -0.1) is 11.6 Å². The van der Waals surface area contributed by atoms with E-state index in [0.717, 1.165) is 0 Å². The van der Waals surface area contributed by atoms with Crippen molar-refractivity contribution in [2.45, 2.75) is 5.88 Å². The number of aromatic nitrogens is 2. The normalized spacial score (nSPS) is 11.3. The van der Waals surface area contributed by atoms with Crippen LogP contribution in [0.5, 0.6) is 0 Å². The van der Waals surface area contributed by atoms with Gasteiger partial charge < -0.3 is 0 Å². The van der Waals surface area contributed by atoms with Crippen molar-refractivity contribution in [1.29, 1.82) is 0 Å². The van der Waals surface area contributed by atoms with E-state index in [-0.39, 0.29) is 16.7 Å². The molecule has 0 fully saturated rings. The smallest absolute Gasteiger partial charge is 0.144 e. The van der Waals surface area contributed by atoms with Crippen molar-refractivity contribution in [2.24, 2.45) is 0 Å². The summed E-state index contributed by atoms with van der Waals surface area (Å²) >= 11 is 13.7. The van der Waals surface area contributed by atoms with Crippen LogP contribution in [0.1, 0.15) is 5.82 Å². The van der Waals surface area contributed by atoms with Crippen LogP contribution in [0.25, 0.3) is 16.7 Å². The zero-order valence-corrected chi connectivity index (χ0v) is 14.0. The second-order valence-electron chi connectivity index (χ2n) is 4.35. The summed E-state index contributed by atoms with van der Waals surface area (Å²) in [7, 11) is 0. The van der Waals surface area contributed by atoms with E-state index in [1.165, 1.54) is 24.3 Å². The van der Waals surface area contributed by atoms with Gasteiger partial charge in [0.05, 0.1) is 27.6 Å². The van der Waals surface area contributed by atoms with E-state index in [9.17, 15) is 8.78 Å². The molecule has 108 valence electrons. The Bertz CT molecular complexity index is 849. The van der Waals surface area contributed by atoms with Gasteiger partial charge in [0, 0.05) is 9.64 Å². The van der Waals surface area contributed by atoms with Crippen molar-refractivity contribution < 1.29 is 8.78 Å². The standard InChI is InChI=1S/C14H7Cl2F2IN2/c15-6-14-20-11-4-8(16)9(18)5-13(11)21(14)12-2-1-7(17)3-10(12)19/h1-5H,6H2. The molecule has 0 aliphatic heterocycles. The molecule has 0 amide bonds. The van der Waals surface area contributed by atoms with E-state index in [0.29, 0.717) is 26.1 Å². The topological polar surface area (TPSA) is 17.8 Å². The number of hydrogen-bond donors (Lipinski definition) is 0. The van der Waals surface area contributed by atoms with E-state index < -0.39 is 5.82 Å². The largest absolute Gasteiger partial charge is 0.294 e. The average Bonchev–Trinajstić information content (AvgIpc) is 2.77. The zero-order valence-electron chi connectivity index (χ0n) is 10.4. The number of imidazole rings is 1. The minimum Gasteiger partial charge on any atom is -0.294 e. The fourth-order valence-electron chi connectivity index (χ4n) is 2.14. The predicted molar refractivity (Wildman–Crippen MR) is 88.3 cm³/mol. The van der Waals surface area contributed by atoms with Gasteiger partial charge in [-0.2, -0.15) is 0 Å². The lowest BCUT2D eigenvalue weighted by molar-refractivity contribution is 0.625. The van der Waals surface area contributed by atoms with Gasteiger partial charge in [-0.1, -0.05) is 11.6 Å². The average molecular weight is 439 g/mol. The number of nitrogens with zero attached hydrogens (tertiary/aromatic N) is 2. The monoisotopic (exact) mass is 438 g/mol. The minimum atomic E-state index is -0.538. The molecular weight excluding hydrogens is 432 g/mol. The number of benzene rings is 2. The van der Waals surface area contributed by atoms with E-state index in [4.69, 9.17) is 23.2 Å². The molecule has 0 radical (unpaired) electrons. The zero-order chi connectivity index (χ0) is 15.1. The summed E-state index contributed by atoms with van der Waals surface area (Å²) in [5.41, 5.74) is 1.77. The second kappa shape index (κ2) is 5.70. The number of rotatable bonds is 2. The molecule has 0 saturated carbocycles. The summed E-state index contributed by atoms with van der Waals surface area (Å²) in [6.07, 6.45) is 0. The second-order valence-corrected chi connectivity index (χ2v) is 6.18. The molecule has 0 unspecified atom stereocenters. The van der Waals surface area contributed by atoms with Crippen LogP contribution in [0.3, 0.4) is 0 Å². The van der Waals surface area contributed by atoms with E-state index in [1.807, 2.05) is 22.6 Å². The lowest BCUT2D eigenvalue weighted by atomic mass is 10.2. The lowest BCUT2D eigenvalue weighted by Gasteiger charge is -2.10. The van der Waals surface area contributed by atoms with Gasteiger partial charge in [0.15, 0.2) is 0 Å². The van der Waals surface area contributed by atoms with Crippen LogP contribution in [-0.2, 0) is 5.88 Å². The van der Waals surface area contributed by atoms with Crippen molar-refractivity contribution in [3.05, 3.63) is 56.4 Å². The van der Waals surface area contributed by atoms with Crippen LogP contribution in [0.4, 0.5) is 8.78 Å². The van der Waals surface area contributed by atoms with Crippen LogP contribution in [0.15, 0.2) is 30.3 Å². The predicted octanol–water partition coefficient (Wildman–Crippen LogP) is 5.30. The molecule has 0 spiro atoms. The summed E-state index contributed by atoms with van der Waals surface area (Å²) in [6, 6.07) is 7.11. The van der Waals surface area contributed by atoms with Gasteiger partial charge in [0.1, 0.15) is 17.5 Å². The molecule has 0 aliphatic carbocycles. The Hall–Kier alpha value is -0.920. The highest BCUT2D eigenvalue weighted by Gasteiger charge is 2.16. The van der Waals surface area contributed by atoms with E-state index in [1.54, 1.807) is 10.6 Å². The number of fused-ring (bicyclic) bond motifs is 1. The van der Waals surface area contributed by atoms with Crippen molar-refractivity contribution >= 4 is 56.8 Å². The Morgan fingerprint density at radius 2 is 1.95 bits per heavy atom. The third kappa shape index (κ3) is 2.62. The molecule has 21 heavy (non-hydrogen) atoms. The molecule has 0 aliphatic rings. The molecule has 0 bridgehead atoms. The molecule has 1 heterocycles. The Morgan fingerprint density at radius 3 is 2.62 bits per heavy atom. The maximum atomic E-state index is 13.8. The number of hydrogen-bond acceptors (Lipinski definition) is 1. The fraction of sp³-hybridized carbons (Fsp3) is 0.0714. The maximum Gasteiger partial charge on any atom is 0.144 e. The molecule has 2 aromatic carbocycles. The van der Waals surface area contributed by atoms with Gasteiger partial charge >= 0.3 is 0 Å². The van der Waals surface area contributed by atoms with Crippen molar-refractivity contribution in [3.8, 4) is 5.69 Å². The van der Waals surface area contributed by atoms with Crippen LogP contribution in [-0.4, -0.2) is 9.55 Å². The van der Waals surface area contributed by atoms with Crippen molar-refractivity contribution in [3.63, 3.8) is 0 Å². The molecule has 2 nitrogen and oxygen atoms in total. The summed E-state index contributed by atoms with van der Waals surface area (Å²) < 4.78 is 29.4. The maximum absolute atomic E-state index is 13.8. The summed E-state index contributed by atoms with van der Waals surface area (Å²) in [4.78, 5) is 4.36. The van der Waals surface area contributed by atoms with Gasteiger partial charge in [0.25, 0.3) is 0 Å². The Balaban J connectivity index is 2.37. The Kier molecular flexibility index (Phi) is 4.07. The quantitative estimate of drug-likeness (QED) is 0.392. The van der Waals surface area contributed by atoms with Crippen molar-refractivity contribution in [2.75, 3.05) is 0 Å². The van der Waals surface area contributed by atoms with Crippen LogP contribution in [0, 0.1) is 15.2 Å². The number of halogens is 5. The molecule has 7 heteroatoms. The molecule has 1 aromatic heterocycles. The third-order valence-corrected chi connectivity index (χ3v) is 4.43. The first kappa shape index (κ1) is 15.0. The molecule has 0 saturated heterocycles. The van der Waals surface area contributed by atoms with Crippen LogP contribution in [0.2, 0.25) is 5.02 Å². The first-order chi connectivity index (χ1) is 10.0. The molecule has 0 atom stereocenters. The minimum absolute atomic E-state index is 0.00192. The third-order valence-electron chi connectivity index (χ3n) is 3.04. The highest BCUT2D eigenvalue weighted by Crippen LogP contribution is 2.29. The lowest BCUT2D eigenvalue weighted by Crippen LogP contribution is -2.02. The van der Waals surface area contributed by atoms with Crippen LogP contribution >= 0.6 is 45.8 Å². The Labute approximate surface area is 142 Å². The summed E-state index contributed by atoms with van der Waals surface area (Å²) in [5.74, 6) is -0.197. The van der Waals surface area contributed by atoms with E-state index >= 15 is 0 Å². The van der Waals surface area contributed by atoms with Gasteiger partial charge in [0.2, 0.25) is 0 Å². The van der Waals surface area contributed by atoms with Crippen LogP contribution < -0.4 is 0 Å². The molecule has 3 aromatic rings. The summed E-state index contributed by atoms with van der Waals surface area (Å²) in [6.45, 7) is 0.